The van der Waals surface area contributed by atoms with Crippen molar-refractivity contribution >= 4 is 5.91 Å². The molecule has 2 aliphatic heterocycles. The number of carbonyl (C=O) groups is 1. The van der Waals surface area contributed by atoms with Crippen molar-refractivity contribution in [3.05, 3.63) is 23.8 Å². The SMILES string of the molecule is O=C(C1CCCC1)N1CCN(Cc2ccc3c(c2)OCO3)CC1. The summed E-state index contributed by atoms with van der Waals surface area (Å²) < 4.78 is 10.8. The molecular weight excluding hydrogens is 292 g/mol. The van der Waals surface area contributed by atoms with Gasteiger partial charge in [-0.05, 0) is 30.5 Å². The van der Waals surface area contributed by atoms with Gasteiger partial charge in [-0.3, -0.25) is 9.69 Å². The Morgan fingerprint density at radius 1 is 1.04 bits per heavy atom. The van der Waals surface area contributed by atoms with Gasteiger partial charge < -0.3 is 14.4 Å². The van der Waals surface area contributed by atoms with Gasteiger partial charge in [0.2, 0.25) is 12.7 Å². The number of hydrogen-bond donors (Lipinski definition) is 0. The standard InChI is InChI=1S/C18H24N2O3/c21-18(15-3-1-2-4-15)20-9-7-19(8-10-20)12-14-5-6-16-17(11-14)23-13-22-16/h5-6,11,15H,1-4,7-10,12-13H2. The summed E-state index contributed by atoms with van der Waals surface area (Å²) in [4.78, 5) is 17.0. The van der Waals surface area contributed by atoms with E-state index in [9.17, 15) is 4.79 Å². The van der Waals surface area contributed by atoms with Crippen molar-refractivity contribution in [3.63, 3.8) is 0 Å². The van der Waals surface area contributed by atoms with Crippen molar-refractivity contribution in [2.75, 3.05) is 33.0 Å². The number of hydrogen-bond acceptors (Lipinski definition) is 4. The Balaban J connectivity index is 1.30. The van der Waals surface area contributed by atoms with E-state index in [1.54, 1.807) is 0 Å². The van der Waals surface area contributed by atoms with Crippen LogP contribution >= 0.6 is 0 Å². The zero-order valence-corrected chi connectivity index (χ0v) is 13.5. The Morgan fingerprint density at radius 2 is 1.78 bits per heavy atom. The molecule has 0 radical (unpaired) electrons. The number of nitrogens with zero attached hydrogens (tertiary/aromatic N) is 2. The first-order valence-electron chi connectivity index (χ1n) is 8.69. The van der Waals surface area contributed by atoms with E-state index in [1.807, 2.05) is 6.07 Å². The Morgan fingerprint density at radius 3 is 2.57 bits per heavy atom. The number of rotatable bonds is 3. The fourth-order valence-corrected chi connectivity index (χ4v) is 3.85. The number of ether oxygens (including phenoxy) is 2. The highest BCUT2D eigenvalue weighted by Gasteiger charge is 2.29. The Hall–Kier alpha value is -1.75. The van der Waals surface area contributed by atoms with Gasteiger partial charge in [-0.1, -0.05) is 18.9 Å². The molecule has 0 unspecified atom stereocenters. The molecule has 0 bridgehead atoms. The molecule has 1 aliphatic carbocycles. The summed E-state index contributed by atoms with van der Waals surface area (Å²) in [7, 11) is 0. The van der Waals surface area contributed by atoms with Crippen LogP contribution in [0.15, 0.2) is 18.2 Å². The van der Waals surface area contributed by atoms with Gasteiger partial charge in [-0.25, -0.2) is 0 Å². The van der Waals surface area contributed by atoms with Crippen molar-refractivity contribution in [2.24, 2.45) is 5.92 Å². The second-order valence-electron chi connectivity index (χ2n) is 6.77. The third kappa shape index (κ3) is 3.15. The predicted octanol–water partition coefficient (Wildman–Crippen LogP) is 2.25. The number of benzene rings is 1. The lowest BCUT2D eigenvalue weighted by atomic mass is 10.1. The predicted molar refractivity (Wildman–Crippen MR) is 86.4 cm³/mol. The van der Waals surface area contributed by atoms with Crippen LogP contribution in [0.3, 0.4) is 0 Å². The Kier molecular flexibility index (Phi) is 4.12. The molecule has 0 atom stereocenters. The molecule has 5 heteroatoms. The number of fused-ring (bicyclic) bond motifs is 1. The zero-order chi connectivity index (χ0) is 15.6. The first kappa shape index (κ1) is 14.8. The minimum absolute atomic E-state index is 0.301. The molecule has 0 spiro atoms. The monoisotopic (exact) mass is 316 g/mol. The van der Waals surface area contributed by atoms with Gasteiger partial charge in [0, 0.05) is 38.6 Å². The van der Waals surface area contributed by atoms with Crippen LogP contribution in [0.1, 0.15) is 31.2 Å². The van der Waals surface area contributed by atoms with Crippen molar-refractivity contribution in [2.45, 2.75) is 32.2 Å². The molecule has 2 fully saturated rings. The normalized spacial score (nSPS) is 21.8. The first-order valence-corrected chi connectivity index (χ1v) is 8.69. The van der Waals surface area contributed by atoms with Gasteiger partial charge in [0.1, 0.15) is 0 Å². The van der Waals surface area contributed by atoms with Crippen LogP contribution in [0.2, 0.25) is 0 Å². The summed E-state index contributed by atoms with van der Waals surface area (Å²) in [5.74, 6) is 2.37. The fraction of sp³-hybridized carbons (Fsp3) is 0.611. The van der Waals surface area contributed by atoms with E-state index in [0.717, 1.165) is 57.1 Å². The van der Waals surface area contributed by atoms with E-state index in [4.69, 9.17) is 9.47 Å². The van der Waals surface area contributed by atoms with Crippen LogP contribution in [0.25, 0.3) is 0 Å². The molecular formula is C18H24N2O3. The maximum Gasteiger partial charge on any atom is 0.231 e. The van der Waals surface area contributed by atoms with E-state index in [2.05, 4.69) is 21.9 Å². The number of amides is 1. The highest BCUT2D eigenvalue weighted by atomic mass is 16.7. The van der Waals surface area contributed by atoms with Crippen LogP contribution in [0.5, 0.6) is 11.5 Å². The third-order valence-corrected chi connectivity index (χ3v) is 5.23. The highest BCUT2D eigenvalue weighted by molar-refractivity contribution is 5.79. The number of piperazine rings is 1. The second-order valence-corrected chi connectivity index (χ2v) is 6.77. The first-order chi connectivity index (χ1) is 11.3. The summed E-state index contributed by atoms with van der Waals surface area (Å²) in [6.45, 7) is 4.85. The summed E-state index contributed by atoms with van der Waals surface area (Å²) in [5.41, 5.74) is 1.24. The quantitative estimate of drug-likeness (QED) is 0.858. The van der Waals surface area contributed by atoms with Crippen molar-refractivity contribution in [1.82, 2.24) is 9.80 Å². The van der Waals surface area contributed by atoms with Crippen LogP contribution in [0.4, 0.5) is 0 Å². The van der Waals surface area contributed by atoms with E-state index in [1.165, 1.54) is 18.4 Å². The molecule has 1 saturated heterocycles. The van der Waals surface area contributed by atoms with E-state index in [-0.39, 0.29) is 0 Å². The summed E-state index contributed by atoms with van der Waals surface area (Å²) in [6.07, 6.45) is 4.63. The molecule has 0 N–H and O–H groups in total. The Bertz CT molecular complexity index is 576. The smallest absolute Gasteiger partial charge is 0.231 e. The minimum Gasteiger partial charge on any atom is -0.454 e. The molecule has 1 aromatic rings. The maximum atomic E-state index is 12.5. The lowest BCUT2D eigenvalue weighted by Crippen LogP contribution is -2.49. The molecule has 4 rings (SSSR count). The summed E-state index contributed by atoms with van der Waals surface area (Å²) in [6, 6.07) is 6.15. The average molecular weight is 316 g/mol. The molecule has 5 nitrogen and oxygen atoms in total. The van der Waals surface area contributed by atoms with Crippen LogP contribution in [-0.4, -0.2) is 48.7 Å². The van der Waals surface area contributed by atoms with Gasteiger partial charge >= 0.3 is 0 Å². The van der Waals surface area contributed by atoms with E-state index in [0.29, 0.717) is 18.6 Å². The molecule has 124 valence electrons. The van der Waals surface area contributed by atoms with Gasteiger partial charge in [0.05, 0.1) is 0 Å². The molecule has 1 aromatic carbocycles. The summed E-state index contributed by atoms with van der Waals surface area (Å²) in [5, 5.41) is 0. The van der Waals surface area contributed by atoms with Gasteiger partial charge in [0.15, 0.2) is 11.5 Å². The fourth-order valence-electron chi connectivity index (χ4n) is 3.85. The Labute approximate surface area is 137 Å². The lowest BCUT2D eigenvalue weighted by Gasteiger charge is -2.36. The topological polar surface area (TPSA) is 42.0 Å². The highest BCUT2D eigenvalue weighted by Crippen LogP contribution is 2.33. The van der Waals surface area contributed by atoms with Crippen molar-refractivity contribution in [3.8, 4) is 11.5 Å². The molecule has 23 heavy (non-hydrogen) atoms. The summed E-state index contributed by atoms with van der Waals surface area (Å²) >= 11 is 0. The molecule has 2 heterocycles. The molecule has 1 amide bonds. The van der Waals surface area contributed by atoms with Crippen LogP contribution < -0.4 is 9.47 Å². The molecule has 0 aromatic heterocycles. The van der Waals surface area contributed by atoms with E-state index >= 15 is 0 Å². The average Bonchev–Trinajstić information content (AvgIpc) is 3.26. The van der Waals surface area contributed by atoms with Gasteiger partial charge in [-0.2, -0.15) is 0 Å². The van der Waals surface area contributed by atoms with Crippen molar-refractivity contribution < 1.29 is 14.3 Å². The molecule has 1 saturated carbocycles. The number of carbonyl (C=O) groups excluding carboxylic acids is 1. The van der Waals surface area contributed by atoms with Crippen LogP contribution in [-0.2, 0) is 11.3 Å². The second kappa shape index (κ2) is 6.40. The lowest BCUT2D eigenvalue weighted by molar-refractivity contribution is -0.137. The molecule has 3 aliphatic rings. The maximum absolute atomic E-state index is 12.5. The van der Waals surface area contributed by atoms with Gasteiger partial charge in [0.25, 0.3) is 0 Å². The minimum atomic E-state index is 0.301. The van der Waals surface area contributed by atoms with Crippen molar-refractivity contribution in [1.29, 1.82) is 0 Å². The van der Waals surface area contributed by atoms with Gasteiger partial charge in [-0.15, -0.1) is 0 Å². The van der Waals surface area contributed by atoms with E-state index < -0.39 is 0 Å². The third-order valence-electron chi connectivity index (χ3n) is 5.23. The largest absolute Gasteiger partial charge is 0.454 e. The zero-order valence-electron chi connectivity index (χ0n) is 13.5. The van der Waals surface area contributed by atoms with Crippen LogP contribution in [0, 0.1) is 5.92 Å².